The van der Waals surface area contributed by atoms with Gasteiger partial charge in [0.25, 0.3) is 5.91 Å². The third-order valence-corrected chi connectivity index (χ3v) is 6.22. The van der Waals surface area contributed by atoms with Crippen molar-refractivity contribution in [1.82, 2.24) is 25.4 Å². The summed E-state index contributed by atoms with van der Waals surface area (Å²) in [6.45, 7) is 3.74. The number of nitrogens with one attached hydrogen (secondary N) is 2. The zero-order valence-electron chi connectivity index (χ0n) is 16.2. The van der Waals surface area contributed by atoms with Crippen LogP contribution in [0.25, 0.3) is 11.3 Å². The Kier molecular flexibility index (Phi) is 5.71. The van der Waals surface area contributed by atoms with E-state index < -0.39 is 0 Å². The van der Waals surface area contributed by atoms with Gasteiger partial charge in [0.1, 0.15) is 0 Å². The number of hydrogen-bond acceptors (Lipinski definition) is 5. The van der Waals surface area contributed by atoms with Crippen LogP contribution in [-0.2, 0) is 11.3 Å². The highest BCUT2D eigenvalue weighted by molar-refractivity contribution is 7.10. The number of thiophene rings is 1. The maximum Gasteiger partial charge on any atom is 0.274 e. The van der Waals surface area contributed by atoms with E-state index in [1.54, 1.807) is 34.7 Å². The SMILES string of the molecule is Cc1csc(CNC(=O)C2CCN(C(=O)c3cc(-c4ccncc4)[nH]n3)CC2)c1. The van der Waals surface area contributed by atoms with Crippen molar-refractivity contribution < 1.29 is 9.59 Å². The number of piperidine rings is 1. The average molecular weight is 410 g/mol. The number of pyridine rings is 1. The maximum atomic E-state index is 12.8. The Labute approximate surface area is 173 Å². The molecule has 4 rings (SSSR count). The van der Waals surface area contributed by atoms with Gasteiger partial charge in [-0.25, -0.2) is 0 Å². The fraction of sp³-hybridized carbons (Fsp3) is 0.333. The summed E-state index contributed by atoms with van der Waals surface area (Å²) in [7, 11) is 0. The lowest BCUT2D eigenvalue weighted by Gasteiger charge is -2.30. The average Bonchev–Trinajstić information content (AvgIpc) is 3.41. The van der Waals surface area contributed by atoms with Crippen molar-refractivity contribution in [2.24, 2.45) is 5.92 Å². The Morgan fingerprint density at radius 2 is 2.00 bits per heavy atom. The highest BCUT2D eigenvalue weighted by Crippen LogP contribution is 2.22. The first-order chi connectivity index (χ1) is 14.1. The topological polar surface area (TPSA) is 91.0 Å². The van der Waals surface area contributed by atoms with Crippen molar-refractivity contribution in [3.05, 3.63) is 58.2 Å². The molecule has 1 fully saturated rings. The predicted molar refractivity (Wildman–Crippen MR) is 111 cm³/mol. The minimum Gasteiger partial charge on any atom is -0.351 e. The van der Waals surface area contributed by atoms with Crippen LogP contribution in [0.15, 0.2) is 42.0 Å². The standard InChI is InChI=1S/C21H23N5O2S/c1-14-10-17(29-13-14)12-23-20(27)16-4-8-26(9-5-16)21(28)19-11-18(24-25-19)15-2-6-22-7-3-15/h2-3,6-7,10-11,13,16H,4-5,8-9,12H2,1H3,(H,23,27)(H,24,25). The van der Waals surface area contributed by atoms with Crippen LogP contribution in [0.4, 0.5) is 0 Å². The second kappa shape index (κ2) is 8.57. The molecule has 150 valence electrons. The Bertz CT molecular complexity index is 989. The van der Waals surface area contributed by atoms with E-state index in [0.29, 0.717) is 38.2 Å². The molecule has 0 aliphatic carbocycles. The molecule has 8 heteroatoms. The van der Waals surface area contributed by atoms with Crippen LogP contribution in [-0.4, -0.2) is 45.0 Å². The van der Waals surface area contributed by atoms with Crippen molar-refractivity contribution in [3.8, 4) is 11.3 Å². The first-order valence-corrected chi connectivity index (χ1v) is 10.5. The van der Waals surface area contributed by atoms with Crippen LogP contribution in [0.5, 0.6) is 0 Å². The van der Waals surface area contributed by atoms with Crippen molar-refractivity contribution in [2.45, 2.75) is 26.3 Å². The lowest BCUT2D eigenvalue weighted by Crippen LogP contribution is -2.43. The van der Waals surface area contributed by atoms with Crippen molar-refractivity contribution >= 4 is 23.2 Å². The number of rotatable bonds is 5. The third kappa shape index (κ3) is 4.54. The second-order valence-electron chi connectivity index (χ2n) is 7.28. The molecule has 0 bridgehead atoms. The maximum absolute atomic E-state index is 12.8. The zero-order valence-corrected chi connectivity index (χ0v) is 17.0. The molecule has 3 aromatic rings. The minimum atomic E-state index is -0.102. The Hall–Kier alpha value is -3.00. The van der Waals surface area contributed by atoms with E-state index in [4.69, 9.17) is 0 Å². The van der Waals surface area contributed by atoms with E-state index in [9.17, 15) is 9.59 Å². The van der Waals surface area contributed by atoms with Gasteiger partial charge in [0.2, 0.25) is 5.91 Å². The van der Waals surface area contributed by atoms with E-state index in [0.717, 1.165) is 16.1 Å². The number of aryl methyl sites for hydroxylation is 1. The van der Waals surface area contributed by atoms with Gasteiger partial charge in [-0.15, -0.1) is 11.3 Å². The summed E-state index contributed by atoms with van der Waals surface area (Å²) >= 11 is 1.66. The predicted octanol–water partition coefficient (Wildman–Crippen LogP) is 3.01. The molecule has 4 heterocycles. The first-order valence-electron chi connectivity index (χ1n) is 9.67. The number of carbonyl (C=O) groups is 2. The van der Waals surface area contributed by atoms with Gasteiger partial charge in [-0.2, -0.15) is 5.10 Å². The molecule has 3 aromatic heterocycles. The fourth-order valence-electron chi connectivity index (χ4n) is 3.52. The van der Waals surface area contributed by atoms with E-state index in [1.165, 1.54) is 5.56 Å². The van der Waals surface area contributed by atoms with Crippen LogP contribution >= 0.6 is 11.3 Å². The van der Waals surface area contributed by atoms with Gasteiger partial charge in [0.15, 0.2) is 5.69 Å². The van der Waals surface area contributed by atoms with Gasteiger partial charge in [0.05, 0.1) is 12.2 Å². The number of amides is 2. The fourth-order valence-corrected chi connectivity index (χ4v) is 4.33. The molecule has 0 spiro atoms. The largest absolute Gasteiger partial charge is 0.351 e. The smallest absolute Gasteiger partial charge is 0.274 e. The molecular weight excluding hydrogens is 386 g/mol. The molecule has 1 aliphatic rings. The number of H-pyrrole nitrogens is 1. The van der Waals surface area contributed by atoms with Crippen LogP contribution in [0.3, 0.4) is 0 Å². The number of aromatic nitrogens is 3. The second-order valence-corrected chi connectivity index (χ2v) is 8.27. The van der Waals surface area contributed by atoms with Gasteiger partial charge in [-0.1, -0.05) is 0 Å². The van der Waals surface area contributed by atoms with Crippen LogP contribution < -0.4 is 5.32 Å². The number of likely N-dealkylation sites (tertiary alicyclic amines) is 1. The van der Waals surface area contributed by atoms with Gasteiger partial charge in [-0.05, 0) is 55.0 Å². The number of carbonyl (C=O) groups excluding carboxylic acids is 2. The normalized spacial score (nSPS) is 14.7. The molecule has 2 amide bonds. The highest BCUT2D eigenvalue weighted by Gasteiger charge is 2.28. The number of hydrogen-bond donors (Lipinski definition) is 2. The van der Waals surface area contributed by atoms with Crippen LogP contribution in [0.2, 0.25) is 0 Å². The van der Waals surface area contributed by atoms with Crippen molar-refractivity contribution in [1.29, 1.82) is 0 Å². The van der Waals surface area contributed by atoms with Gasteiger partial charge < -0.3 is 10.2 Å². The summed E-state index contributed by atoms with van der Waals surface area (Å²) in [6.07, 6.45) is 4.74. The molecule has 1 aliphatic heterocycles. The number of nitrogens with zero attached hydrogens (tertiary/aromatic N) is 3. The van der Waals surface area contributed by atoms with E-state index in [-0.39, 0.29) is 17.7 Å². The van der Waals surface area contributed by atoms with Gasteiger partial charge in [0, 0.05) is 41.8 Å². The highest BCUT2D eigenvalue weighted by atomic mass is 32.1. The lowest BCUT2D eigenvalue weighted by atomic mass is 9.95. The Balaban J connectivity index is 1.29. The van der Waals surface area contributed by atoms with Gasteiger partial charge in [-0.3, -0.25) is 19.7 Å². The van der Waals surface area contributed by atoms with Crippen LogP contribution in [0, 0.1) is 12.8 Å². The Morgan fingerprint density at radius 3 is 2.69 bits per heavy atom. The summed E-state index contributed by atoms with van der Waals surface area (Å²) in [5, 5.41) is 12.2. The van der Waals surface area contributed by atoms with Gasteiger partial charge >= 0.3 is 0 Å². The quantitative estimate of drug-likeness (QED) is 0.678. The van der Waals surface area contributed by atoms with Crippen molar-refractivity contribution in [2.75, 3.05) is 13.1 Å². The monoisotopic (exact) mass is 409 g/mol. The molecule has 0 aromatic carbocycles. The molecule has 29 heavy (non-hydrogen) atoms. The molecule has 1 saturated heterocycles. The lowest BCUT2D eigenvalue weighted by molar-refractivity contribution is -0.126. The molecule has 0 unspecified atom stereocenters. The number of aromatic amines is 1. The molecule has 0 saturated carbocycles. The summed E-state index contributed by atoms with van der Waals surface area (Å²) in [5.41, 5.74) is 3.33. The molecule has 7 nitrogen and oxygen atoms in total. The molecule has 2 N–H and O–H groups in total. The van der Waals surface area contributed by atoms with E-state index >= 15 is 0 Å². The van der Waals surface area contributed by atoms with Crippen molar-refractivity contribution in [3.63, 3.8) is 0 Å². The summed E-state index contributed by atoms with van der Waals surface area (Å²) < 4.78 is 0. The van der Waals surface area contributed by atoms with E-state index in [2.05, 4.69) is 31.9 Å². The molecule has 0 radical (unpaired) electrons. The minimum absolute atomic E-state index is 0.0494. The molecular formula is C21H23N5O2S. The van der Waals surface area contributed by atoms with Crippen LogP contribution in [0.1, 0.15) is 33.8 Å². The summed E-state index contributed by atoms with van der Waals surface area (Å²) in [6, 6.07) is 7.59. The van der Waals surface area contributed by atoms with E-state index in [1.807, 2.05) is 19.1 Å². The molecule has 0 atom stereocenters. The summed E-state index contributed by atoms with van der Waals surface area (Å²) in [5.74, 6) is -0.0796. The Morgan fingerprint density at radius 1 is 1.24 bits per heavy atom. The first kappa shape index (κ1) is 19.3. The zero-order chi connectivity index (χ0) is 20.2. The third-order valence-electron chi connectivity index (χ3n) is 5.16. The summed E-state index contributed by atoms with van der Waals surface area (Å²) in [4.78, 5) is 32.2.